The number of hydrogen-bond donors (Lipinski definition) is 0. The number of unbranched alkanes of at least 4 members (excludes halogenated alkanes) is 4. The van der Waals surface area contributed by atoms with E-state index in [1.165, 1.54) is 74.6 Å². The summed E-state index contributed by atoms with van der Waals surface area (Å²) in [6, 6.07) is 0.861. The van der Waals surface area contributed by atoms with Crippen molar-refractivity contribution in [1.82, 2.24) is 10.5 Å². The van der Waals surface area contributed by atoms with Gasteiger partial charge in [0.2, 0.25) is 0 Å². The van der Waals surface area contributed by atoms with E-state index in [1.807, 2.05) is 0 Å². The zero-order valence-electron chi connectivity index (χ0n) is 14.4. The molecule has 1 heterocycles. The van der Waals surface area contributed by atoms with Gasteiger partial charge in [0.1, 0.15) is 0 Å². The molecule has 1 aliphatic carbocycles. The fourth-order valence-electron chi connectivity index (χ4n) is 2.82. The molecule has 0 unspecified atom stereocenters. The van der Waals surface area contributed by atoms with Crippen LogP contribution < -0.4 is 0 Å². The molecule has 1 fully saturated rings. The predicted molar refractivity (Wildman–Crippen MR) is 112 cm³/mol. The summed E-state index contributed by atoms with van der Waals surface area (Å²) in [7, 11) is 2.09. The zero-order valence-corrected chi connectivity index (χ0v) is 21.0. The van der Waals surface area contributed by atoms with Crippen LogP contribution in [-0.2, 0) is 32.9 Å². The molecule has 138 valence electrons. The molecule has 0 N–H and O–H groups in total. The van der Waals surface area contributed by atoms with Crippen molar-refractivity contribution in [2.45, 2.75) is 83.7 Å². The molecule has 1 aliphatic rings. The van der Waals surface area contributed by atoms with Crippen molar-refractivity contribution < 1.29 is 19.4 Å². The van der Waals surface area contributed by atoms with Gasteiger partial charge in [-0.3, -0.25) is 0 Å². The number of nitrogens with zero attached hydrogens (tertiary/aromatic N) is 3. The second-order valence-corrected chi connectivity index (χ2v) is 11.3. The smallest absolute Gasteiger partial charge is 0.0311 e. The van der Waals surface area contributed by atoms with Gasteiger partial charge in [-0.25, -0.2) is 0 Å². The molecule has 0 aromatic carbocycles. The summed E-state index contributed by atoms with van der Waals surface area (Å²) in [6.45, 7) is 3.43. The Morgan fingerprint density at radius 1 is 1.09 bits per heavy atom. The minimum absolute atomic E-state index is 0.861. The van der Waals surface area contributed by atoms with E-state index in [0.29, 0.717) is 0 Å². The van der Waals surface area contributed by atoms with Crippen LogP contribution in [-0.4, -0.2) is 16.5 Å². The number of halogens is 2. The van der Waals surface area contributed by atoms with Gasteiger partial charge in [-0.1, -0.05) is 19.3 Å². The monoisotopic (exact) mass is 726 g/mol. The molecule has 6 heteroatoms. The van der Waals surface area contributed by atoms with Crippen molar-refractivity contribution in [1.29, 1.82) is 0 Å². The third-order valence-corrected chi connectivity index (χ3v) is 7.34. The van der Waals surface area contributed by atoms with Gasteiger partial charge in [-0.2, -0.15) is 1.33 Å². The molecular formula is C17H31I2N3Pt. The van der Waals surface area contributed by atoms with Crippen LogP contribution in [0.15, 0.2) is 12.4 Å². The van der Waals surface area contributed by atoms with Gasteiger partial charge >= 0.3 is 97.3 Å². The molecule has 0 bridgehead atoms. The first-order chi connectivity index (χ1) is 11.1. The van der Waals surface area contributed by atoms with Gasteiger partial charge in [0, 0.05) is 51.8 Å². The largest absolute Gasteiger partial charge is 0.185 e. The van der Waals surface area contributed by atoms with E-state index in [2.05, 4.69) is 102 Å². The summed E-state index contributed by atoms with van der Waals surface area (Å²) in [4.78, 5) is 0. The average molecular weight is 726 g/mol. The summed E-state index contributed by atoms with van der Waals surface area (Å²) in [5, 5.41) is 0. The van der Waals surface area contributed by atoms with E-state index in [1.54, 1.807) is 0 Å². The molecule has 2 rings (SSSR count). The van der Waals surface area contributed by atoms with Crippen molar-refractivity contribution in [3.05, 3.63) is 16.2 Å². The molecule has 0 radical (unpaired) electrons. The quantitative estimate of drug-likeness (QED) is 0.186. The number of hydrogen-bond acceptors (Lipinski definition) is 1. The van der Waals surface area contributed by atoms with Crippen molar-refractivity contribution >= 4 is 45.7 Å². The zero-order chi connectivity index (χ0) is 17.1. The molecule has 0 atom stereocenters. The fourth-order valence-corrected chi connectivity index (χ4v) is 4.53. The van der Waals surface area contributed by atoms with Gasteiger partial charge in [-0.15, -0.1) is 0 Å². The van der Waals surface area contributed by atoms with Gasteiger partial charge in [0.05, 0.1) is 0 Å². The number of rotatable bonds is 7. The topological polar surface area (TPSA) is 13.1 Å². The Bertz CT molecular complexity index is 465. The predicted octanol–water partition coefficient (Wildman–Crippen LogP) is 6.20. The molecule has 0 amide bonds. The van der Waals surface area contributed by atoms with Gasteiger partial charge in [-0.05, 0) is 12.8 Å². The maximum absolute atomic E-state index is 2.38. The Hall–Kier alpha value is 1.32. The van der Waals surface area contributed by atoms with E-state index in [4.69, 9.17) is 0 Å². The Morgan fingerprint density at radius 2 is 1.74 bits per heavy atom. The first-order valence-electron chi connectivity index (χ1n) is 8.84. The van der Waals surface area contributed by atoms with Crippen LogP contribution >= 0.6 is 45.7 Å². The first kappa shape index (κ1) is 22.4. The van der Waals surface area contributed by atoms with Crippen LogP contribution in [0.25, 0.3) is 0 Å². The van der Waals surface area contributed by atoms with E-state index in [9.17, 15) is 0 Å². The molecule has 1 aromatic rings. The molecule has 23 heavy (non-hydrogen) atoms. The van der Waals surface area contributed by atoms with Gasteiger partial charge in [0.25, 0.3) is 0 Å². The van der Waals surface area contributed by atoms with Crippen LogP contribution in [0.3, 0.4) is 0 Å². The van der Waals surface area contributed by atoms with Crippen molar-refractivity contribution in [2.24, 2.45) is 7.05 Å². The third kappa shape index (κ3) is 9.55. The van der Waals surface area contributed by atoms with Crippen LogP contribution in [0.4, 0.5) is 0 Å². The second-order valence-electron chi connectivity index (χ2n) is 6.31. The summed E-state index contributed by atoms with van der Waals surface area (Å²) < 4.78 is 8.11. The van der Waals surface area contributed by atoms with Crippen LogP contribution in [0.5, 0.6) is 0 Å². The van der Waals surface area contributed by atoms with Crippen LogP contribution in [0.2, 0.25) is 0 Å². The van der Waals surface area contributed by atoms with E-state index < -0.39 is 0 Å². The SMILES string of the molecule is CCCCCCCn1ccn(C)[c]1=[Pt].IN(I)C1CCCCC1. The number of aryl methyl sites for hydroxylation is 2. The Labute approximate surface area is 181 Å². The molecule has 1 saturated carbocycles. The fraction of sp³-hybridized carbons (Fsp3) is 0.824. The van der Waals surface area contributed by atoms with Crippen LogP contribution in [0, 0.1) is 3.80 Å². The number of imidazole rings is 1. The third-order valence-electron chi connectivity index (χ3n) is 4.31. The normalized spacial score (nSPS) is 15.6. The summed E-state index contributed by atoms with van der Waals surface area (Å²) >= 11 is 7.14. The van der Waals surface area contributed by atoms with Crippen molar-refractivity contribution in [3.63, 3.8) is 0 Å². The molecule has 0 saturated heterocycles. The van der Waals surface area contributed by atoms with Crippen molar-refractivity contribution in [3.8, 4) is 0 Å². The van der Waals surface area contributed by atoms with Gasteiger partial charge < -0.3 is 0 Å². The minimum atomic E-state index is 0.861. The Balaban J connectivity index is 0.000000253. The molecule has 0 aliphatic heterocycles. The summed E-state index contributed by atoms with van der Waals surface area (Å²) in [5.74, 6) is 0. The van der Waals surface area contributed by atoms with E-state index >= 15 is 0 Å². The average Bonchev–Trinajstić information content (AvgIpc) is 2.88. The van der Waals surface area contributed by atoms with E-state index in [0.717, 1.165) is 6.04 Å². The summed E-state index contributed by atoms with van der Waals surface area (Å²) in [5.41, 5.74) is 0. The maximum atomic E-state index is 2.38. The number of aromatic nitrogens is 2. The minimum Gasteiger partial charge on any atom is -0.185 e. The second kappa shape index (κ2) is 13.5. The Morgan fingerprint density at radius 3 is 2.22 bits per heavy atom. The van der Waals surface area contributed by atoms with E-state index in [-0.39, 0.29) is 0 Å². The van der Waals surface area contributed by atoms with Crippen LogP contribution in [0.1, 0.15) is 71.1 Å². The summed E-state index contributed by atoms with van der Waals surface area (Å²) in [6.07, 6.45) is 18.2. The van der Waals surface area contributed by atoms with Gasteiger partial charge in [0.15, 0.2) is 0 Å². The Kier molecular flexibility index (Phi) is 13.1. The molecule has 3 nitrogen and oxygen atoms in total. The first-order valence-corrected chi connectivity index (χ1v) is 11.9. The molecule has 1 aromatic heterocycles. The molecule has 0 spiro atoms. The standard InChI is InChI=1S/C11H20N2.C6H11I2N.Pt/c1-3-4-5-6-7-8-13-10-9-12(2)11-13;7-9(8)6-4-2-1-3-5-6;/h9-10H,3-8H2,1-2H3;6H,1-5H2;. The molecular weight excluding hydrogens is 695 g/mol. The maximum Gasteiger partial charge on any atom is 0.0311 e. The van der Waals surface area contributed by atoms with Crippen molar-refractivity contribution in [2.75, 3.05) is 0 Å².